The normalized spacial score (nSPS) is 15.2. The molecule has 0 bridgehead atoms. The minimum Gasteiger partial charge on any atom is -0.496 e. The van der Waals surface area contributed by atoms with E-state index >= 15 is 0 Å². The van der Waals surface area contributed by atoms with Crippen molar-refractivity contribution >= 4 is 33.2 Å². The van der Waals surface area contributed by atoms with Gasteiger partial charge in [-0.3, -0.25) is 9.36 Å². The molecular weight excluding hydrogens is 320 g/mol. The van der Waals surface area contributed by atoms with E-state index in [1.807, 2.05) is 30.3 Å². The Balaban J connectivity index is 1.88. The summed E-state index contributed by atoms with van der Waals surface area (Å²) in [6, 6.07) is 9.89. The summed E-state index contributed by atoms with van der Waals surface area (Å²) < 4.78 is 7.23. The predicted molar refractivity (Wildman–Crippen MR) is 98.7 cm³/mol. The summed E-state index contributed by atoms with van der Waals surface area (Å²) in [4.78, 5) is 19.6. The van der Waals surface area contributed by atoms with Gasteiger partial charge in [-0.2, -0.15) is 0 Å². The molecule has 0 N–H and O–H groups in total. The van der Waals surface area contributed by atoms with Crippen molar-refractivity contribution < 1.29 is 4.74 Å². The van der Waals surface area contributed by atoms with E-state index in [-0.39, 0.29) is 5.56 Å². The molecule has 0 spiro atoms. The number of aryl methyl sites for hydroxylation is 1. The van der Waals surface area contributed by atoms with Crippen LogP contribution < -0.4 is 10.3 Å². The first kappa shape index (κ1) is 15.1. The zero-order valence-corrected chi connectivity index (χ0v) is 14.5. The van der Waals surface area contributed by atoms with Gasteiger partial charge in [0.05, 0.1) is 12.5 Å². The molecule has 122 valence electrons. The molecule has 24 heavy (non-hydrogen) atoms. The van der Waals surface area contributed by atoms with Crippen molar-refractivity contribution in [3.05, 3.63) is 57.0 Å². The molecule has 0 unspecified atom stereocenters. The van der Waals surface area contributed by atoms with Crippen LogP contribution >= 0.6 is 11.3 Å². The molecule has 3 heterocycles. The maximum absolute atomic E-state index is 12.7. The Labute approximate surface area is 144 Å². The van der Waals surface area contributed by atoms with Crippen LogP contribution in [0.1, 0.15) is 29.6 Å². The summed E-state index contributed by atoms with van der Waals surface area (Å²) in [6.07, 6.45) is 3.84. The largest absolute Gasteiger partial charge is 0.496 e. The van der Waals surface area contributed by atoms with Crippen LogP contribution in [0.15, 0.2) is 35.1 Å². The number of para-hydroxylation sites is 1. The van der Waals surface area contributed by atoms with E-state index in [2.05, 4.69) is 13.0 Å². The van der Waals surface area contributed by atoms with E-state index in [1.54, 1.807) is 23.0 Å². The second-order valence-electron chi connectivity index (χ2n) is 5.84. The molecule has 0 saturated heterocycles. The molecule has 5 heteroatoms. The van der Waals surface area contributed by atoms with Crippen LogP contribution in [0.3, 0.4) is 0 Å². The minimum absolute atomic E-state index is 0.0781. The second kappa shape index (κ2) is 5.91. The number of allylic oxidation sites excluding steroid dienone is 1. The summed E-state index contributed by atoms with van der Waals surface area (Å²) >= 11 is 1.62. The van der Waals surface area contributed by atoms with Gasteiger partial charge in [-0.25, -0.2) is 4.98 Å². The molecule has 1 aliphatic rings. The number of fused-ring (bicyclic) bond motifs is 2. The van der Waals surface area contributed by atoms with E-state index in [1.165, 1.54) is 4.88 Å². The highest BCUT2D eigenvalue weighted by molar-refractivity contribution is 7.18. The van der Waals surface area contributed by atoms with Crippen molar-refractivity contribution in [2.75, 3.05) is 7.11 Å². The number of hydrogen-bond acceptors (Lipinski definition) is 4. The first-order valence-corrected chi connectivity index (χ1v) is 8.90. The number of ether oxygens (including phenoxy) is 1. The van der Waals surface area contributed by atoms with Crippen molar-refractivity contribution in [1.82, 2.24) is 9.55 Å². The highest BCUT2D eigenvalue weighted by Gasteiger charge is 2.22. The molecule has 0 aliphatic carbocycles. The van der Waals surface area contributed by atoms with Gasteiger partial charge in [0.2, 0.25) is 0 Å². The summed E-state index contributed by atoms with van der Waals surface area (Å²) in [5, 5.41) is 0.749. The van der Waals surface area contributed by atoms with Gasteiger partial charge in [0.1, 0.15) is 16.4 Å². The van der Waals surface area contributed by atoms with Gasteiger partial charge in [-0.1, -0.05) is 25.1 Å². The van der Waals surface area contributed by atoms with Gasteiger partial charge >= 0.3 is 0 Å². The summed E-state index contributed by atoms with van der Waals surface area (Å²) in [6.45, 7) is 2.79. The molecule has 1 aromatic carbocycles. The van der Waals surface area contributed by atoms with E-state index in [9.17, 15) is 4.79 Å². The van der Waals surface area contributed by atoms with Crippen LogP contribution in [0.5, 0.6) is 5.75 Å². The van der Waals surface area contributed by atoms with Crippen molar-refractivity contribution in [1.29, 1.82) is 0 Å². The topological polar surface area (TPSA) is 44.1 Å². The lowest BCUT2D eigenvalue weighted by Gasteiger charge is -2.06. The standard InChI is InChI=1S/C19H18N2O2S/c1-3-14-11-15-18(24-14)20-17-13(8-9-21(17)19(15)22)10-12-6-4-5-7-16(12)23-2/h4-7,10-11H,3,8-9H2,1-2H3. The van der Waals surface area contributed by atoms with E-state index in [0.29, 0.717) is 6.54 Å². The van der Waals surface area contributed by atoms with Gasteiger partial charge < -0.3 is 4.74 Å². The van der Waals surface area contributed by atoms with Crippen molar-refractivity contribution in [3.8, 4) is 5.75 Å². The summed E-state index contributed by atoms with van der Waals surface area (Å²) in [5.41, 5.74) is 2.18. The lowest BCUT2D eigenvalue weighted by Crippen LogP contribution is -2.19. The zero-order chi connectivity index (χ0) is 16.7. The van der Waals surface area contributed by atoms with Crippen LogP contribution in [-0.4, -0.2) is 16.7 Å². The third kappa shape index (κ3) is 2.36. The molecule has 0 fully saturated rings. The first-order chi connectivity index (χ1) is 11.7. The van der Waals surface area contributed by atoms with Gasteiger partial charge in [0, 0.05) is 17.0 Å². The summed E-state index contributed by atoms with van der Waals surface area (Å²) in [5.74, 6) is 1.62. The quantitative estimate of drug-likeness (QED) is 0.726. The monoisotopic (exact) mass is 338 g/mol. The molecule has 2 aromatic heterocycles. The fourth-order valence-electron chi connectivity index (χ4n) is 3.15. The number of rotatable bonds is 3. The van der Waals surface area contributed by atoms with E-state index < -0.39 is 0 Å². The van der Waals surface area contributed by atoms with Crippen LogP contribution in [-0.2, 0) is 13.0 Å². The van der Waals surface area contributed by atoms with E-state index in [4.69, 9.17) is 9.72 Å². The zero-order valence-electron chi connectivity index (χ0n) is 13.7. The third-order valence-corrected chi connectivity index (χ3v) is 5.58. The minimum atomic E-state index is 0.0781. The van der Waals surface area contributed by atoms with Crippen molar-refractivity contribution in [2.45, 2.75) is 26.3 Å². The Morgan fingerprint density at radius 2 is 2.21 bits per heavy atom. The molecule has 0 atom stereocenters. The SMILES string of the molecule is CCc1cc2c(=O)n3c(nc2s1)C(=Cc1ccccc1OC)CC3. The molecule has 0 radical (unpaired) electrons. The van der Waals surface area contributed by atoms with Gasteiger partial charge in [0.25, 0.3) is 5.56 Å². The average Bonchev–Trinajstić information content (AvgIpc) is 3.20. The fraction of sp³-hybridized carbons (Fsp3) is 0.263. The molecule has 3 aromatic rings. The van der Waals surface area contributed by atoms with Gasteiger partial charge in [-0.05, 0) is 36.6 Å². The molecule has 1 aliphatic heterocycles. The Morgan fingerprint density at radius 3 is 3.00 bits per heavy atom. The number of aromatic nitrogens is 2. The van der Waals surface area contributed by atoms with Crippen LogP contribution in [0, 0.1) is 0 Å². The highest BCUT2D eigenvalue weighted by Crippen LogP contribution is 2.31. The third-order valence-electron chi connectivity index (χ3n) is 4.41. The number of methoxy groups -OCH3 is 1. The number of hydrogen-bond donors (Lipinski definition) is 0. The van der Waals surface area contributed by atoms with Crippen LogP contribution in [0.25, 0.3) is 21.9 Å². The van der Waals surface area contributed by atoms with E-state index in [0.717, 1.165) is 45.8 Å². The lowest BCUT2D eigenvalue weighted by atomic mass is 10.1. The Kier molecular flexibility index (Phi) is 3.73. The smallest absolute Gasteiger partial charge is 0.262 e. The molecular formula is C19H18N2O2S. The number of thiophene rings is 1. The average molecular weight is 338 g/mol. The van der Waals surface area contributed by atoms with Gasteiger partial charge in [-0.15, -0.1) is 11.3 Å². The lowest BCUT2D eigenvalue weighted by molar-refractivity contribution is 0.414. The maximum Gasteiger partial charge on any atom is 0.262 e. The van der Waals surface area contributed by atoms with Gasteiger partial charge in [0.15, 0.2) is 0 Å². The maximum atomic E-state index is 12.7. The molecule has 4 nitrogen and oxygen atoms in total. The van der Waals surface area contributed by atoms with Crippen LogP contribution in [0.4, 0.5) is 0 Å². The number of nitrogens with zero attached hydrogens (tertiary/aromatic N) is 2. The Hall–Kier alpha value is -2.40. The summed E-state index contributed by atoms with van der Waals surface area (Å²) in [7, 11) is 1.67. The molecule has 0 saturated carbocycles. The van der Waals surface area contributed by atoms with Crippen LogP contribution in [0.2, 0.25) is 0 Å². The fourth-order valence-corrected chi connectivity index (χ4v) is 4.10. The Bertz CT molecular complexity index is 1010. The number of benzene rings is 1. The van der Waals surface area contributed by atoms with Crippen molar-refractivity contribution in [2.24, 2.45) is 0 Å². The highest BCUT2D eigenvalue weighted by atomic mass is 32.1. The predicted octanol–water partition coefficient (Wildman–Crippen LogP) is 3.97. The molecule has 0 amide bonds. The second-order valence-corrected chi connectivity index (χ2v) is 6.95. The Morgan fingerprint density at radius 1 is 1.38 bits per heavy atom. The molecule has 4 rings (SSSR count). The first-order valence-electron chi connectivity index (χ1n) is 8.08. The van der Waals surface area contributed by atoms with Crippen molar-refractivity contribution in [3.63, 3.8) is 0 Å².